The molecule has 3 aromatic rings. The number of ketones is 1. The number of carbonyl (C=O) groups is 1. The second-order valence-electron chi connectivity index (χ2n) is 7.89. The van der Waals surface area contributed by atoms with Crippen LogP contribution in [0.1, 0.15) is 32.2 Å². The third-order valence-electron chi connectivity index (χ3n) is 4.67. The highest BCUT2D eigenvalue weighted by Gasteiger charge is 2.25. The van der Waals surface area contributed by atoms with Gasteiger partial charge >= 0.3 is 5.69 Å². The first-order chi connectivity index (χ1) is 12.4. The fourth-order valence-electron chi connectivity index (χ4n) is 2.97. The van der Waals surface area contributed by atoms with Gasteiger partial charge < -0.3 is 4.57 Å². The molecule has 144 valence electrons. The van der Waals surface area contributed by atoms with Crippen LogP contribution in [0.3, 0.4) is 0 Å². The maximum Gasteiger partial charge on any atom is 0.332 e. The molecule has 0 aromatic carbocycles. The van der Waals surface area contributed by atoms with Crippen LogP contribution >= 0.6 is 0 Å². The van der Waals surface area contributed by atoms with E-state index in [1.807, 2.05) is 19.9 Å². The van der Waals surface area contributed by atoms with Crippen molar-refractivity contribution < 1.29 is 4.79 Å². The van der Waals surface area contributed by atoms with Gasteiger partial charge in [-0.3, -0.25) is 18.7 Å². The smallest absolute Gasteiger partial charge is 0.306 e. The summed E-state index contributed by atoms with van der Waals surface area (Å²) in [6.45, 7) is 8.76. The molecule has 27 heavy (non-hydrogen) atoms. The van der Waals surface area contributed by atoms with Crippen molar-refractivity contribution in [3.63, 3.8) is 0 Å². The molecule has 0 saturated carbocycles. The molecule has 0 spiro atoms. The Balaban J connectivity index is 2.30. The summed E-state index contributed by atoms with van der Waals surface area (Å²) in [6.07, 6.45) is 0. The number of Topliss-reactive ketones (excluding diaryl/α,β-unsaturated/α-hetero) is 1. The Kier molecular flexibility index (Phi) is 4.21. The highest BCUT2D eigenvalue weighted by Crippen LogP contribution is 2.17. The van der Waals surface area contributed by atoms with E-state index in [0.717, 1.165) is 16.0 Å². The zero-order valence-corrected chi connectivity index (χ0v) is 16.7. The molecule has 0 aliphatic carbocycles. The molecule has 0 fully saturated rings. The maximum absolute atomic E-state index is 13.0. The van der Waals surface area contributed by atoms with E-state index in [0.29, 0.717) is 5.95 Å². The molecule has 9 heteroatoms. The first kappa shape index (κ1) is 18.8. The van der Waals surface area contributed by atoms with Crippen molar-refractivity contribution in [2.24, 2.45) is 19.5 Å². The summed E-state index contributed by atoms with van der Waals surface area (Å²) in [5.74, 6) is 0.240. The lowest BCUT2D eigenvalue weighted by Gasteiger charge is -2.17. The summed E-state index contributed by atoms with van der Waals surface area (Å²) < 4.78 is 5.50. The van der Waals surface area contributed by atoms with Gasteiger partial charge in [0.15, 0.2) is 16.9 Å². The van der Waals surface area contributed by atoms with E-state index in [2.05, 4.69) is 10.1 Å². The number of aryl methyl sites for hydroxylation is 4. The van der Waals surface area contributed by atoms with Gasteiger partial charge in [-0.2, -0.15) is 10.1 Å². The van der Waals surface area contributed by atoms with Crippen LogP contribution in [0.4, 0.5) is 0 Å². The van der Waals surface area contributed by atoms with Gasteiger partial charge in [0, 0.05) is 25.2 Å². The van der Waals surface area contributed by atoms with Crippen LogP contribution < -0.4 is 11.2 Å². The van der Waals surface area contributed by atoms with Crippen molar-refractivity contribution in [2.45, 2.75) is 41.2 Å². The second kappa shape index (κ2) is 6.04. The minimum atomic E-state index is -0.652. The van der Waals surface area contributed by atoms with Gasteiger partial charge in [0.2, 0.25) is 5.95 Å². The molecule has 0 saturated heterocycles. The first-order valence-corrected chi connectivity index (χ1v) is 8.66. The van der Waals surface area contributed by atoms with Crippen molar-refractivity contribution in [3.05, 3.63) is 38.3 Å². The molecule has 0 radical (unpaired) electrons. The molecule has 9 nitrogen and oxygen atoms in total. The summed E-state index contributed by atoms with van der Waals surface area (Å²) >= 11 is 0. The molecule has 0 bridgehead atoms. The Bertz CT molecular complexity index is 1180. The van der Waals surface area contributed by atoms with Gasteiger partial charge in [-0.1, -0.05) is 20.8 Å². The number of hydrogen-bond donors (Lipinski definition) is 0. The molecule has 0 amide bonds. The summed E-state index contributed by atoms with van der Waals surface area (Å²) in [5, 5.41) is 4.40. The molecular weight excluding hydrogens is 348 g/mol. The lowest BCUT2D eigenvalue weighted by atomic mass is 9.91. The molecule has 3 aromatic heterocycles. The van der Waals surface area contributed by atoms with Gasteiger partial charge in [0.25, 0.3) is 5.56 Å². The Labute approximate surface area is 155 Å². The molecule has 0 aliphatic rings. The molecule has 3 heterocycles. The highest BCUT2D eigenvalue weighted by molar-refractivity contribution is 5.83. The number of aromatic nitrogens is 6. The Morgan fingerprint density at radius 1 is 1.11 bits per heavy atom. The van der Waals surface area contributed by atoms with E-state index in [1.54, 1.807) is 44.1 Å². The molecular formula is C18H24N6O3. The number of hydrogen-bond acceptors (Lipinski definition) is 5. The summed E-state index contributed by atoms with van der Waals surface area (Å²) in [4.78, 5) is 42.6. The van der Waals surface area contributed by atoms with E-state index in [4.69, 9.17) is 0 Å². The second-order valence-corrected chi connectivity index (χ2v) is 7.89. The molecule has 3 rings (SSSR count). The topological polar surface area (TPSA) is 96.7 Å². The van der Waals surface area contributed by atoms with Gasteiger partial charge in [-0.15, -0.1) is 0 Å². The quantitative estimate of drug-likeness (QED) is 0.679. The summed E-state index contributed by atoms with van der Waals surface area (Å²) in [5.41, 5.74) is 0.439. The minimum absolute atomic E-state index is 0.193. The van der Waals surface area contributed by atoms with Crippen molar-refractivity contribution in [2.75, 3.05) is 0 Å². The molecule has 0 unspecified atom stereocenters. The van der Waals surface area contributed by atoms with E-state index in [1.165, 1.54) is 4.57 Å². The van der Waals surface area contributed by atoms with Crippen molar-refractivity contribution in [1.82, 2.24) is 28.5 Å². The molecule has 0 aliphatic heterocycles. The normalized spacial score (nSPS) is 12.1. The predicted octanol–water partition coefficient (Wildman–Crippen LogP) is 0.851. The van der Waals surface area contributed by atoms with Crippen LogP contribution in [0.15, 0.2) is 15.7 Å². The third kappa shape index (κ3) is 2.92. The van der Waals surface area contributed by atoms with Crippen LogP contribution in [-0.4, -0.2) is 34.2 Å². The van der Waals surface area contributed by atoms with Gasteiger partial charge in [0.05, 0.1) is 12.2 Å². The van der Waals surface area contributed by atoms with Crippen molar-refractivity contribution in [3.8, 4) is 5.95 Å². The SMILES string of the molecule is Cc1cc(C)n(-c2nc3c(c(=O)n(CC(=O)C(C)(C)C)c(=O)n3C)n2C)n1. The number of carbonyl (C=O) groups excluding carboxylic acids is 1. The zero-order chi connectivity index (χ0) is 20.3. The fraction of sp³-hybridized carbons (Fsp3) is 0.500. The number of rotatable bonds is 3. The van der Waals surface area contributed by atoms with E-state index >= 15 is 0 Å². The summed E-state index contributed by atoms with van der Waals surface area (Å²) in [7, 11) is 3.24. The lowest BCUT2D eigenvalue weighted by molar-refractivity contribution is -0.127. The molecule has 0 N–H and O–H groups in total. The number of nitrogens with zero attached hydrogens (tertiary/aromatic N) is 6. The van der Waals surface area contributed by atoms with E-state index in [-0.39, 0.29) is 23.5 Å². The third-order valence-corrected chi connectivity index (χ3v) is 4.67. The minimum Gasteiger partial charge on any atom is -0.306 e. The van der Waals surface area contributed by atoms with Crippen LogP contribution in [0.2, 0.25) is 0 Å². The van der Waals surface area contributed by atoms with Crippen LogP contribution in [0, 0.1) is 19.3 Å². The van der Waals surface area contributed by atoms with Gasteiger partial charge in [0.1, 0.15) is 0 Å². The number of fused-ring (bicyclic) bond motifs is 1. The maximum atomic E-state index is 13.0. The fourth-order valence-corrected chi connectivity index (χ4v) is 2.97. The van der Waals surface area contributed by atoms with Crippen LogP contribution in [0.25, 0.3) is 17.1 Å². The average molecular weight is 372 g/mol. The van der Waals surface area contributed by atoms with Crippen LogP contribution in [-0.2, 0) is 25.4 Å². The van der Waals surface area contributed by atoms with Gasteiger partial charge in [-0.25, -0.2) is 9.48 Å². The predicted molar refractivity (Wildman–Crippen MR) is 101 cm³/mol. The zero-order valence-electron chi connectivity index (χ0n) is 16.7. The standard InChI is InChI=1S/C18H24N6O3/c1-10-8-11(2)24(20-10)16-19-14-13(21(16)6)15(26)23(17(27)22(14)7)9-12(25)18(3,4)5/h8H,9H2,1-7H3. The van der Waals surface area contributed by atoms with Crippen LogP contribution in [0.5, 0.6) is 0 Å². The van der Waals surface area contributed by atoms with Crippen molar-refractivity contribution in [1.29, 1.82) is 0 Å². The van der Waals surface area contributed by atoms with Crippen molar-refractivity contribution >= 4 is 16.9 Å². The summed E-state index contributed by atoms with van der Waals surface area (Å²) in [6, 6.07) is 1.90. The molecule has 0 atom stereocenters. The highest BCUT2D eigenvalue weighted by atomic mass is 16.2. The lowest BCUT2D eigenvalue weighted by Crippen LogP contribution is -2.43. The van der Waals surface area contributed by atoms with E-state index in [9.17, 15) is 14.4 Å². The monoisotopic (exact) mass is 372 g/mol. The number of imidazole rings is 1. The Morgan fingerprint density at radius 2 is 1.74 bits per heavy atom. The Morgan fingerprint density at radius 3 is 2.26 bits per heavy atom. The average Bonchev–Trinajstić information content (AvgIpc) is 3.07. The first-order valence-electron chi connectivity index (χ1n) is 8.66. The van der Waals surface area contributed by atoms with Gasteiger partial charge in [-0.05, 0) is 19.9 Å². The van der Waals surface area contributed by atoms with E-state index < -0.39 is 16.7 Å². The largest absolute Gasteiger partial charge is 0.332 e. The Hall–Kier alpha value is -2.97.